The van der Waals surface area contributed by atoms with E-state index in [1.54, 1.807) is 6.20 Å². The van der Waals surface area contributed by atoms with Crippen LogP contribution in [0.25, 0.3) is 0 Å². The average Bonchev–Trinajstić information content (AvgIpc) is 3.39. The summed E-state index contributed by atoms with van der Waals surface area (Å²) in [5, 5.41) is 9.96. The lowest BCUT2D eigenvalue weighted by Gasteiger charge is -2.42. The summed E-state index contributed by atoms with van der Waals surface area (Å²) in [4.78, 5) is 23.2. The van der Waals surface area contributed by atoms with Crippen LogP contribution in [0.3, 0.4) is 0 Å². The number of rotatable bonds is 6. The number of likely N-dealkylation sites (tertiary alicyclic amines) is 1. The van der Waals surface area contributed by atoms with Gasteiger partial charge >= 0.3 is 0 Å². The molecule has 5 heteroatoms. The molecule has 1 saturated carbocycles. The Bertz CT molecular complexity index is 559. The van der Waals surface area contributed by atoms with Crippen LogP contribution in [0, 0.1) is 11.3 Å². The van der Waals surface area contributed by atoms with Gasteiger partial charge in [0, 0.05) is 24.7 Å². The minimum absolute atomic E-state index is 0.0300. The Kier molecular flexibility index (Phi) is 4.95. The summed E-state index contributed by atoms with van der Waals surface area (Å²) in [6.45, 7) is 3.70. The molecule has 1 saturated heterocycles. The molecule has 0 radical (unpaired) electrons. The van der Waals surface area contributed by atoms with Crippen LogP contribution in [0.2, 0.25) is 0 Å². The van der Waals surface area contributed by atoms with Crippen LogP contribution in [0.5, 0.6) is 0 Å². The first-order valence-corrected chi connectivity index (χ1v) is 8.86. The van der Waals surface area contributed by atoms with Crippen LogP contribution in [-0.2, 0) is 6.42 Å². The number of aromatic nitrogens is 2. The Hall–Kier alpha value is -1.49. The molecular weight excluding hydrogens is 290 g/mol. The normalized spacial score (nSPS) is 24.7. The lowest BCUT2D eigenvalue weighted by Crippen LogP contribution is -2.48. The second kappa shape index (κ2) is 6.95. The molecule has 2 fully saturated rings. The minimum Gasteiger partial charge on any atom is -0.396 e. The zero-order valence-corrected chi connectivity index (χ0v) is 14.0. The van der Waals surface area contributed by atoms with Crippen LogP contribution in [0.1, 0.15) is 61.5 Å². The molecule has 0 aromatic carbocycles. The first-order valence-electron chi connectivity index (χ1n) is 8.86. The molecule has 1 aromatic rings. The highest BCUT2D eigenvalue weighted by Gasteiger charge is 2.41. The van der Waals surface area contributed by atoms with Gasteiger partial charge in [0.1, 0.15) is 6.33 Å². The van der Waals surface area contributed by atoms with Crippen molar-refractivity contribution < 1.29 is 9.90 Å². The predicted molar refractivity (Wildman–Crippen MR) is 88.0 cm³/mol. The van der Waals surface area contributed by atoms with E-state index in [0.717, 1.165) is 50.3 Å². The Balaban J connectivity index is 1.76. The standard InChI is InChI=1S/C18H27N3O2/c1-2-4-16-15(10-19-13-20-16)17(23)21-8-3-7-18(11-21,12-22)9-14-5-6-14/h10,13-14,22H,2-9,11-12H2,1H3. The summed E-state index contributed by atoms with van der Waals surface area (Å²) in [7, 11) is 0. The molecule has 1 N–H and O–H groups in total. The van der Waals surface area contributed by atoms with Crippen molar-refractivity contribution in [3.8, 4) is 0 Å². The van der Waals surface area contributed by atoms with Crippen molar-refractivity contribution >= 4 is 5.91 Å². The fraction of sp³-hybridized carbons (Fsp3) is 0.722. The fourth-order valence-corrected chi connectivity index (χ4v) is 3.82. The van der Waals surface area contributed by atoms with Crippen molar-refractivity contribution in [1.82, 2.24) is 14.9 Å². The van der Waals surface area contributed by atoms with E-state index in [4.69, 9.17) is 0 Å². The summed E-state index contributed by atoms with van der Waals surface area (Å²) in [5.41, 5.74) is 1.37. The van der Waals surface area contributed by atoms with Crippen molar-refractivity contribution in [2.45, 2.75) is 51.9 Å². The zero-order chi connectivity index (χ0) is 16.3. The summed E-state index contributed by atoms with van der Waals surface area (Å²) < 4.78 is 0. The molecular formula is C18H27N3O2. The molecule has 1 aliphatic carbocycles. The number of aryl methyl sites for hydroxylation is 1. The van der Waals surface area contributed by atoms with E-state index in [9.17, 15) is 9.90 Å². The van der Waals surface area contributed by atoms with Gasteiger partial charge in [-0.3, -0.25) is 4.79 Å². The molecule has 0 spiro atoms. The molecule has 3 rings (SSSR count). The number of aliphatic hydroxyl groups is 1. The number of aliphatic hydroxyl groups excluding tert-OH is 1. The van der Waals surface area contributed by atoms with Crippen molar-refractivity contribution in [3.63, 3.8) is 0 Å². The minimum atomic E-state index is -0.102. The molecule has 5 nitrogen and oxygen atoms in total. The summed E-state index contributed by atoms with van der Waals surface area (Å²) in [5.74, 6) is 0.787. The Morgan fingerprint density at radius 3 is 3.00 bits per heavy atom. The topological polar surface area (TPSA) is 66.3 Å². The van der Waals surface area contributed by atoms with E-state index in [-0.39, 0.29) is 17.9 Å². The van der Waals surface area contributed by atoms with E-state index in [0.29, 0.717) is 12.1 Å². The number of hydrogen-bond donors (Lipinski definition) is 1. The van der Waals surface area contributed by atoms with E-state index in [1.807, 2.05) is 4.90 Å². The van der Waals surface area contributed by atoms with Gasteiger partial charge < -0.3 is 10.0 Å². The van der Waals surface area contributed by atoms with Gasteiger partial charge in [-0.15, -0.1) is 0 Å². The number of carbonyl (C=O) groups is 1. The van der Waals surface area contributed by atoms with Crippen LogP contribution in [0.4, 0.5) is 0 Å². The highest BCUT2D eigenvalue weighted by atomic mass is 16.3. The molecule has 1 aliphatic heterocycles. The largest absolute Gasteiger partial charge is 0.396 e. The summed E-state index contributed by atoms with van der Waals surface area (Å²) >= 11 is 0. The number of hydrogen-bond acceptors (Lipinski definition) is 4. The lowest BCUT2D eigenvalue weighted by atomic mass is 9.76. The monoisotopic (exact) mass is 317 g/mol. The highest BCUT2D eigenvalue weighted by molar-refractivity contribution is 5.95. The Morgan fingerprint density at radius 2 is 2.30 bits per heavy atom. The van der Waals surface area contributed by atoms with Crippen LogP contribution in [-0.4, -0.2) is 45.6 Å². The second-order valence-electron chi connectivity index (χ2n) is 7.27. The third-order valence-electron chi connectivity index (χ3n) is 5.21. The number of nitrogens with zero attached hydrogens (tertiary/aromatic N) is 3. The number of piperidine rings is 1. The first kappa shape index (κ1) is 16.4. The summed E-state index contributed by atoms with van der Waals surface area (Å²) in [6.07, 6.45) is 10.5. The molecule has 0 bridgehead atoms. The van der Waals surface area contributed by atoms with Gasteiger partial charge in [-0.2, -0.15) is 0 Å². The fourth-order valence-electron chi connectivity index (χ4n) is 3.82. The SMILES string of the molecule is CCCc1ncncc1C(=O)N1CCCC(CO)(CC2CC2)C1. The van der Waals surface area contributed by atoms with Gasteiger partial charge in [0.25, 0.3) is 5.91 Å². The van der Waals surface area contributed by atoms with Gasteiger partial charge in [0.2, 0.25) is 0 Å². The van der Waals surface area contributed by atoms with E-state index < -0.39 is 0 Å². The van der Waals surface area contributed by atoms with Gasteiger partial charge in [-0.05, 0) is 31.6 Å². The summed E-state index contributed by atoms with van der Waals surface area (Å²) in [6, 6.07) is 0. The van der Waals surface area contributed by atoms with E-state index >= 15 is 0 Å². The van der Waals surface area contributed by atoms with Crippen LogP contribution < -0.4 is 0 Å². The molecule has 2 heterocycles. The highest BCUT2D eigenvalue weighted by Crippen LogP contribution is 2.44. The predicted octanol–water partition coefficient (Wildman–Crippen LogP) is 2.44. The maximum Gasteiger partial charge on any atom is 0.257 e. The second-order valence-corrected chi connectivity index (χ2v) is 7.27. The molecule has 1 amide bonds. The van der Waals surface area contributed by atoms with Crippen LogP contribution >= 0.6 is 0 Å². The maximum atomic E-state index is 13.0. The van der Waals surface area contributed by atoms with Crippen molar-refractivity contribution in [3.05, 3.63) is 23.8 Å². The van der Waals surface area contributed by atoms with Crippen LogP contribution in [0.15, 0.2) is 12.5 Å². The number of amides is 1. The van der Waals surface area contributed by atoms with Gasteiger partial charge in [-0.25, -0.2) is 9.97 Å². The Labute approximate surface area is 138 Å². The quantitative estimate of drug-likeness (QED) is 0.875. The average molecular weight is 317 g/mol. The number of carbonyl (C=O) groups excluding carboxylic acids is 1. The molecule has 23 heavy (non-hydrogen) atoms. The van der Waals surface area contributed by atoms with Crippen molar-refractivity contribution in [2.75, 3.05) is 19.7 Å². The first-order chi connectivity index (χ1) is 11.2. The smallest absolute Gasteiger partial charge is 0.257 e. The molecule has 1 unspecified atom stereocenters. The maximum absolute atomic E-state index is 13.0. The lowest BCUT2D eigenvalue weighted by molar-refractivity contribution is 0.0195. The molecule has 126 valence electrons. The molecule has 1 atom stereocenters. The van der Waals surface area contributed by atoms with E-state index in [2.05, 4.69) is 16.9 Å². The van der Waals surface area contributed by atoms with E-state index in [1.165, 1.54) is 19.2 Å². The molecule has 2 aliphatic rings. The van der Waals surface area contributed by atoms with Gasteiger partial charge in [0.05, 0.1) is 17.9 Å². The Morgan fingerprint density at radius 1 is 1.48 bits per heavy atom. The van der Waals surface area contributed by atoms with Crippen molar-refractivity contribution in [2.24, 2.45) is 11.3 Å². The third-order valence-corrected chi connectivity index (χ3v) is 5.21. The van der Waals surface area contributed by atoms with Gasteiger partial charge in [-0.1, -0.05) is 26.2 Å². The molecule has 1 aromatic heterocycles. The van der Waals surface area contributed by atoms with Gasteiger partial charge in [0.15, 0.2) is 0 Å². The zero-order valence-electron chi connectivity index (χ0n) is 14.0. The van der Waals surface area contributed by atoms with Crippen molar-refractivity contribution in [1.29, 1.82) is 0 Å². The third kappa shape index (κ3) is 3.71.